The number of carbonyl (C=O) groups excluding carboxylic acids is 1. The second-order valence-corrected chi connectivity index (χ2v) is 10.8. The number of ether oxygens (including phenoxy) is 1. The minimum Gasteiger partial charge on any atom is -0.417 e. The van der Waals surface area contributed by atoms with Crippen LogP contribution in [-0.4, -0.2) is 33.4 Å². The zero-order valence-electron chi connectivity index (χ0n) is 11.1. The van der Waals surface area contributed by atoms with Crippen molar-refractivity contribution in [3.8, 4) is 0 Å². The van der Waals surface area contributed by atoms with Crippen molar-refractivity contribution in [2.75, 3.05) is 6.61 Å². The molecule has 1 aliphatic rings. The second kappa shape index (κ2) is 4.98. The molecule has 0 radical (unpaired) electrons. The van der Waals surface area contributed by atoms with Crippen molar-refractivity contribution in [1.29, 1.82) is 0 Å². The van der Waals surface area contributed by atoms with Crippen molar-refractivity contribution in [3.05, 3.63) is 0 Å². The van der Waals surface area contributed by atoms with Crippen LogP contribution < -0.4 is 0 Å². The molecular weight excluding hydrogens is 220 g/mol. The molecule has 0 aromatic carbocycles. The van der Waals surface area contributed by atoms with E-state index in [0.717, 1.165) is 19.3 Å². The Morgan fingerprint density at radius 2 is 1.94 bits per heavy atom. The lowest BCUT2D eigenvalue weighted by molar-refractivity contribution is -0.108. The van der Waals surface area contributed by atoms with Crippen LogP contribution in [0.2, 0.25) is 18.1 Å². The summed E-state index contributed by atoms with van der Waals surface area (Å²) < 4.78 is 11.4. The van der Waals surface area contributed by atoms with Gasteiger partial charge in [-0.05, 0) is 24.6 Å². The fourth-order valence-corrected chi connectivity index (χ4v) is 2.44. The molecule has 1 rings (SSSR count). The highest BCUT2D eigenvalue weighted by Crippen LogP contribution is 2.37. The first kappa shape index (κ1) is 13.9. The minimum atomic E-state index is -1.61. The molecule has 1 heterocycles. The Balaban J connectivity index is 2.19. The summed E-state index contributed by atoms with van der Waals surface area (Å²) in [6.07, 6.45) is 2.81. The van der Waals surface area contributed by atoms with Gasteiger partial charge in [-0.3, -0.25) is 0 Å². The van der Waals surface area contributed by atoms with Crippen LogP contribution in [0.1, 0.15) is 33.6 Å². The number of epoxide rings is 1. The topological polar surface area (TPSA) is 38.8 Å². The maximum Gasteiger partial charge on any atom is 0.191 e. The summed E-state index contributed by atoms with van der Waals surface area (Å²) in [6, 6.07) is 0. The Kier molecular flexibility index (Phi) is 4.32. The largest absolute Gasteiger partial charge is 0.417 e. The Bertz CT molecular complexity index is 245. The molecule has 2 atom stereocenters. The van der Waals surface area contributed by atoms with Gasteiger partial charge in [-0.25, -0.2) is 0 Å². The van der Waals surface area contributed by atoms with E-state index in [2.05, 4.69) is 33.9 Å². The molecule has 1 fully saturated rings. The molecule has 16 heavy (non-hydrogen) atoms. The molecule has 0 saturated carbocycles. The molecule has 0 unspecified atom stereocenters. The van der Waals surface area contributed by atoms with Gasteiger partial charge in [0.1, 0.15) is 6.29 Å². The van der Waals surface area contributed by atoms with Gasteiger partial charge in [-0.2, -0.15) is 0 Å². The summed E-state index contributed by atoms with van der Waals surface area (Å²) in [5.74, 6) is 0. The first-order valence-corrected chi connectivity index (χ1v) is 8.92. The molecule has 3 nitrogen and oxygen atoms in total. The Morgan fingerprint density at radius 1 is 1.31 bits per heavy atom. The third kappa shape index (κ3) is 3.68. The SMILES string of the molecule is CC(C)(C)[Si](C)(C)OCC[C@H]1O[C@H]1CC=O. The molecule has 4 heteroatoms. The second-order valence-electron chi connectivity index (χ2n) is 6.01. The third-order valence-electron chi connectivity index (χ3n) is 3.69. The van der Waals surface area contributed by atoms with E-state index in [4.69, 9.17) is 9.16 Å². The van der Waals surface area contributed by atoms with E-state index in [-0.39, 0.29) is 17.2 Å². The number of aldehydes is 1. The van der Waals surface area contributed by atoms with E-state index in [1.54, 1.807) is 0 Å². The molecule has 1 aliphatic heterocycles. The van der Waals surface area contributed by atoms with Crippen LogP contribution in [-0.2, 0) is 14.0 Å². The summed E-state index contributed by atoms with van der Waals surface area (Å²) in [4.78, 5) is 10.3. The van der Waals surface area contributed by atoms with E-state index in [9.17, 15) is 4.79 Å². The fourth-order valence-electron chi connectivity index (χ4n) is 1.38. The number of carbonyl (C=O) groups is 1. The average Bonchev–Trinajstić information content (AvgIpc) is 2.82. The summed E-state index contributed by atoms with van der Waals surface area (Å²) in [6.45, 7) is 12.0. The van der Waals surface area contributed by atoms with E-state index < -0.39 is 8.32 Å². The van der Waals surface area contributed by atoms with E-state index in [1.165, 1.54) is 0 Å². The fraction of sp³-hybridized carbons (Fsp3) is 0.917. The van der Waals surface area contributed by atoms with E-state index >= 15 is 0 Å². The number of hydrogen-bond acceptors (Lipinski definition) is 3. The zero-order valence-corrected chi connectivity index (χ0v) is 12.1. The van der Waals surface area contributed by atoms with Gasteiger partial charge in [0, 0.05) is 13.0 Å². The van der Waals surface area contributed by atoms with Gasteiger partial charge in [0.2, 0.25) is 0 Å². The Morgan fingerprint density at radius 3 is 2.44 bits per heavy atom. The summed E-state index contributed by atoms with van der Waals surface area (Å²) in [7, 11) is -1.61. The van der Waals surface area contributed by atoms with Crippen LogP contribution in [0.25, 0.3) is 0 Å². The molecule has 0 aromatic rings. The van der Waals surface area contributed by atoms with Crippen LogP contribution in [0.15, 0.2) is 0 Å². The van der Waals surface area contributed by atoms with Crippen LogP contribution in [0.4, 0.5) is 0 Å². The van der Waals surface area contributed by atoms with Gasteiger partial charge in [0.25, 0.3) is 0 Å². The first-order chi connectivity index (χ1) is 7.28. The number of rotatable bonds is 6. The van der Waals surface area contributed by atoms with Crippen LogP contribution >= 0.6 is 0 Å². The van der Waals surface area contributed by atoms with Crippen LogP contribution in [0.3, 0.4) is 0 Å². The summed E-state index contributed by atoms with van der Waals surface area (Å²) >= 11 is 0. The lowest BCUT2D eigenvalue weighted by Gasteiger charge is -2.36. The minimum absolute atomic E-state index is 0.167. The third-order valence-corrected chi connectivity index (χ3v) is 8.23. The maximum absolute atomic E-state index is 10.3. The highest BCUT2D eigenvalue weighted by Gasteiger charge is 2.40. The standard InChI is InChI=1S/C12H24O3Si/c1-12(2,3)16(4,5)14-9-7-11-10(15-11)6-8-13/h8,10-11H,6-7,9H2,1-5H3/t10-,11+/m0/s1. The first-order valence-electron chi connectivity index (χ1n) is 6.01. The smallest absolute Gasteiger partial charge is 0.191 e. The molecule has 0 aliphatic carbocycles. The van der Waals surface area contributed by atoms with Crippen molar-refractivity contribution in [2.24, 2.45) is 0 Å². The van der Waals surface area contributed by atoms with E-state index in [1.807, 2.05) is 0 Å². The monoisotopic (exact) mass is 244 g/mol. The Labute approximate surface area is 99.6 Å². The normalized spacial score (nSPS) is 25.6. The average molecular weight is 244 g/mol. The molecule has 0 amide bonds. The maximum atomic E-state index is 10.3. The molecular formula is C12H24O3Si. The van der Waals surface area contributed by atoms with Gasteiger partial charge in [0.15, 0.2) is 8.32 Å². The highest BCUT2D eigenvalue weighted by atomic mass is 28.4. The van der Waals surface area contributed by atoms with Crippen molar-refractivity contribution >= 4 is 14.6 Å². The van der Waals surface area contributed by atoms with Crippen molar-refractivity contribution < 1.29 is 14.0 Å². The molecule has 0 N–H and O–H groups in total. The van der Waals surface area contributed by atoms with Gasteiger partial charge < -0.3 is 14.0 Å². The van der Waals surface area contributed by atoms with Crippen LogP contribution in [0, 0.1) is 0 Å². The predicted molar refractivity (Wildman–Crippen MR) is 67.1 cm³/mol. The lowest BCUT2D eigenvalue weighted by Crippen LogP contribution is -2.41. The van der Waals surface area contributed by atoms with Gasteiger partial charge in [-0.1, -0.05) is 20.8 Å². The molecule has 0 aromatic heterocycles. The van der Waals surface area contributed by atoms with Crippen LogP contribution in [0.5, 0.6) is 0 Å². The lowest BCUT2D eigenvalue weighted by atomic mass is 10.2. The molecule has 1 saturated heterocycles. The Hall–Kier alpha value is -0.193. The van der Waals surface area contributed by atoms with E-state index in [0.29, 0.717) is 6.42 Å². The summed E-state index contributed by atoms with van der Waals surface area (Å²) in [5, 5.41) is 0.263. The quantitative estimate of drug-likeness (QED) is 0.410. The predicted octanol–water partition coefficient (Wildman–Crippen LogP) is 2.75. The molecule has 94 valence electrons. The van der Waals surface area contributed by atoms with Gasteiger partial charge >= 0.3 is 0 Å². The highest BCUT2D eigenvalue weighted by molar-refractivity contribution is 6.74. The van der Waals surface area contributed by atoms with Crippen molar-refractivity contribution in [1.82, 2.24) is 0 Å². The van der Waals surface area contributed by atoms with Gasteiger partial charge in [0.05, 0.1) is 12.2 Å². The summed E-state index contributed by atoms with van der Waals surface area (Å²) in [5.41, 5.74) is 0. The zero-order chi connectivity index (χ0) is 12.4. The molecule has 0 spiro atoms. The van der Waals surface area contributed by atoms with Crippen molar-refractivity contribution in [3.63, 3.8) is 0 Å². The van der Waals surface area contributed by atoms with Gasteiger partial charge in [-0.15, -0.1) is 0 Å². The van der Waals surface area contributed by atoms with Crippen molar-refractivity contribution in [2.45, 2.75) is 64.0 Å². The molecule has 0 bridgehead atoms. The number of hydrogen-bond donors (Lipinski definition) is 0.